The SMILES string of the molecule is CCC[CH2][Sn]([CH2]CCC)([CH2]CCC)[c]1cn([C@H](C(=O)OC(C)(C)C)C(C)C)nn1. The second kappa shape index (κ2) is 12.3. The fraction of sp³-hybridized carbons (Fsp3) is 0.870. The molecule has 0 radical (unpaired) electrons. The van der Waals surface area contributed by atoms with Crippen molar-refractivity contribution in [3.05, 3.63) is 6.20 Å². The van der Waals surface area contributed by atoms with Crippen molar-refractivity contribution < 1.29 is 9.53 Å². The summed E-state index contributed by atoms with van der Waals surface area (Å²) in [4.78, 5) is 12.9. The number of ether oxygens (including phenoxy) is 1. The van der Waals surface area contributed by atoms with Gasteiger partial charge in [-0.1, -0.05) is 0 Å². The second-order valence-corrected chi connectivity index (χ2v) is 22.9. The molecule has 1 aromatic rings. The van der Waals surface area contributed by atoms with Gasteiger partial charge in [-0.2, -0.15) is 0 Å². The summed E-state index contributed by atoms with van der Waals surface area (Å²) < 4.78 is 12.8. The van der Waals surface area contributed by atoms with Crippen LogP contribution in [-0.2, 0) is 9.53 Å². The normalized spacial score (nSPS) is 13.7. The minimum atomic E-state index is -2.64. The van der Waals surface area contributed by atoms with Crippen LogP contribution in [0.3, 0.4) is 0 Å². The van der Waals surface area contributed by atoms with Gasteiger partial charge < -0.3 is 0 Å². The molecule has 168 valence electrons. The van der Waals surface area contributed by atoms with Gasteiger partial charge in [0.05, 0.1) is 0 Å². The van der Waals surface area contributed by atoms with Crippen LogP contribution < -0.4 is 3.71 Å². The van der Waals surface area contributed by atoms with Gasteiger partial charge in [0.25, 0.3) is 0 Å². The molecule has 1 heterocycles. The van der Waals surface area contributed by atoms with Crippen LogP contribution in [0.4, 0.5) is 0 Å². The molecule has 0 saturated heterocycles. The summed E-state index contributed by atoms with van der Waals surface area (Å²) in [5.74, 6) is -0.105. The average Bonchev–Trinajstić information content (AvgIpc) is 3.09. The molecule has 29 heavy (non-hydrogen) atoms. The summed E-state index contributed by atoms with van der Waals surface area (Å²) in [5.41, 5.74) is -0.500. The Morgan fingerprint density at radius 3 is 1.90 bits per heavy atom. The standard InChI is InChI=1S/C11H18N3O2.3C4H9.Sn/c1-8(2)9(14-7-6-12-13-14)10(15)16-11(3,4)5;3*1-3-4-2;/h7-9H,1-5H3;3*1,3-4H2,2H3;/t9-;;;;/m0..../s1. The van der Waals surface area contributed by atoms with Crippen molar-refractivity contribution in [2.75, 3.05) is 0 Å². The fourth-order valence-corrected chi connectivity index (χ4v) is 19.1. The molecule has 0 saturated carbocycles. The average molecular weight is 514 g/mol. The molecule has 5 nitrogen and oxygen atoms in total. The van der Waals surface area contributed by atoms with E-state index in [4.69, 9.17) is 9.84 Å². The monoisotopic (exact) mass is 515 g/mol. The molecule has 0 aliphatic carbocycles. The van der Waals surface area contributed by atoms with Gasteiger partial charge in [0.15, 0.2) is 0 Å². The first-order valence-electron chi connectivity index (χ1n) is 11.7. The molecule has 0 bridgehead atoms. The van der Waals surface area contributed by atoms with E-state index in [1.165, 1.54) is 55.5 Å². The van der Waals surface area contributed by atoms with Crippen molar-refractivity contribution in [1.29, 1.82) is 0 Å². The Hall–Kier alpha value is -0.591. The molecule has 1 aromatic heterocycles. The van der Waals surface area contributed by atoms with Gasteiger partial charge in [0, 0.05) is 0 Å². The third kappa shape index (κ3) is 8.22. The van der Waals surface area contributed by atoms with Gasteiger partial charge in [-0.05, 0) is 0 Å². The number of carbonyl (C=O) groups excluding carboxylic acids is 1. The van der Waals surface area contributed by atoms with Crippen LogP contribution in [0.5, 0.6) is 0 Å². The number of rotatable bonds is 13. The van der Waals surface area contributed by atoms with Crippen molar-refractivity contribution in [2.45, 2.75) is 119 Å². The Labute approximate surface area is 183 Å². The summed E-state index contributed by atoms with van der Waals surface area (Å²) >= 11 is -2.64. The third-order valence-corrected chi connectivity index (χ3v) is 20.6. The number of hydrogen-bond acceptors (Lipinski definition) is 4. The zero-order valence-corrected chi connectivity index (χ0v) is 23.1. The van der Waals surface area contributed by atoms with Gasteiger partial charge in [-0.3, -0.25) is 0 Å². The van der Waals surface area contributed by atoms with E-state index in [1.807, 2.05) is 25.5 Å². The fourth-order valence-electron chi connectivity index (χ4n) is 4.01. The van der Waals surface area contributed by atoms with Gasteiger partial charge in [0.2, 0.25) is 0 Å². The van der Waals surface area contributed by atoms with Gasteiger partial charge in [0.1, 0.15) is 0 Å². The molecule has 0 unspecified atom stereocenters. The summed E-state index contributed by atoms with van der Waals surface area (Å²) in [7, 11) is 0. The first-order valence-corrected chi connectivity index (χ1v) is 19.2. The number of aromatic nitrogens is 3. The van der Waals surface area contributed by atoms with Gasteiger partial charge >= 0.3 is 184 Å². The van der Waals surface area contributed by atoms with E-state index >= 15 is 0 Å². The predicted molar refractivity (Wildman–Crippen MR) is 124 cm³/mol. The molecule has 6 heteroatoms. The molecule has 1 atom stereocenters. The van der Waals surface area contributed by atoms with Crippen molar-refractivity contribution in [1.82, 2.24) is 15.0 Å². The first kappa shape index (κ1) is 26.4. The van der Waals surface area contributed by atoms with Crippen LogP contribution in [0.1, 0.15) is 100.0 Å². The molecule has 0 N–H and O–H groups in total. The first-order chi connectivity index (χ1) is 13.6. The van der Waals surface area contributed by atoms with Crippen LogP contribution in [-0.4, -0.2) is 44.9 Å². The van der Waals surface area contributed by atoms with Crippen LogP contribution in [0.2, 0.25) is 13.3 Å². The predicted octanol–water partition coefficient (Wildman–Crippen LogP) is 5.87. The molecule has 0 amide bonds. The Kier molecular flexibility index (Phi) is 11.2. The zero-order valence-electron chi connectivity index (χ0n) is 20.3. The van der Waals surface area contributed by atoms with Gasteiger partial charge in [-0.15, -0.1) is 0 Å². The number of unbranched alkanes of at least 4 members (excludes halogenated alkanes) is 3. The Bertz CT molecular complexity index is 586. The topological polar surface area (TPSA) is 57.0 Å². The maximum absolute atomic E-state index is 12.9. The summed E-state index contributed by atoms with van der Waals surface area (Å²) in [5, 5.41) is 9.23. The Morgan fingerprint density at radius 2 is 1.52 bits per heavy atom. The van der Waals surface area contributed by atoms with E-state index < -0.39 is 30.0 Å². The van der Waals surface area contributed by atoms with E-state index in [0.29, 0.717) is 0 Å². The molecular weight excluding hydrogens is 469 g/mol. The number of hydrogen-bond donors (Lipinski definition) is 0. The second-order valence-electron chi connectivity index (χ2n) is 9.90. The van der Waals surface area contributed by atoms with Gasteiger partial charge in [-0.25, -0.2) is 0 Å². The summed E-state index contributed by atoms with van der Waals surface area (Å²) in [6.07, 6.45) is 9.69. The Morgan fingerprint density at radius 1 is 1.03 bits per heavy atom. The van der Waals surface area contributed by atoms with E-state index in [1.54, 1.807) is 0 Å². The molecular formula is C23H45N3O2Sn. The number of carbonyl (C=O) groups is 1. The van der Waals surface area contributed by atoms with Crippen LogP contribution in [0, 0.1) is 5.92 Å². The van der Waals surface area contributed by atoms with Crippen molar-refractivity contribution in [2.24, 2.45) is 5.92 Å². The van der Waals surface area contributed by atoms with E-state index in [-0.39, 0.29) is 11.9 Å². The minimum absolute atomic E-state index is 0.103. The van der Waals surface area contributed by atoms with E-state index in [2.05, 4.69) is 46.0 Å². The zero-order chi connectivity index (χ0) is 22.1. The van der Waals surface area contributed by atoms with Crippen molar-refractivity contribution >= 4 is 28.1 Å². The van der Waals surface area contributed by atoms with Crippen LogP contribution >= 0.6 is 0 Å². The number of nitrogens with zero attached hydrogens (tertiary/aromatic N) is 3. The molecule has 0 aromatic carbocycles. The molecule has 0 aliphatic rings. The third-order valence-electron chi connectivity index (χ3n) is 5.65. The molecule has 0 aliphatic heterocycles. The summed E-state index contributed by atoms with van der Waals surface area (Å²) in [6, 6.07) is -0.414. The van der Waals surface area contributed by atoms with E-state index in [0.717, 1.165) is 0 Å². The summed E-state index contributed by atoms with van der Waals surface area (Å²) in [6.45, 7) is 16.7. The van der Waals surface area contributed by atoms with E-state index in [9.17, 15) is 4.79 Å². The Balaban J connectivity index is 3.26. The molecule has 1 rings (SSSR count). The molecule has 0 spiro atoms. The van der Waals surface area contributed by atoms with Crippen LogP contribution in [0.15, 0.2) is 6.20 Å². The maximum atomic E-state index is 12.9. The number of esters is 1. The van der Waals surface area contributed by atoms with Crippen molar-refractivity contribution in [3.63, 3.8) is 0 Å². The molecule has 0 fully saturated rings. The van der Waals surface area contributed by atoms with Crippen molar-refractivity contribution in [3.8, 4) is 0 Å². The van der Waals surface area contributed by atoms with Crippen LogP contribution in [0.25, 0.3) is 0 Å². The quantitative estimate of drug-likeness (QED) is 0.244.